The van der Waals surface area contributed by atoms with Gasteiger partial charge in [-0.05, 0) is 319 Å². The van der Waals surface area contributed by atoms with Crippen LogP contribution in [0.4, 0.5) is 0 Å². The zero-order chi connectivity index (χ0) is 87.0. The Bertz CT molecular complexity index is 2580. The molecule has 0 amide bonds. The summed E-state index contributed by atoms with van der Waals surface area (Å²) in [6.45, 7) is 74.8. The van der Waals surface area contributed by atoms with Crippen molar-refractivity contribution in [1.29, 1.82) is 0 Å². The number of ether oxygens (including phenoxy) is 8. The number of esters is 8. The summed E-state index contributed by atoms with van der Waals surface area (Å²) in [7, 11) is 0. The predicted octanol–water partition coefficient (Wildman–Crippen LogP) is 26.3. The third kappa shape index (κ3) is 48.9. The Balaban J connectivity index is -0.000000586. The van der Waals surface area contributed by atoms with Gasteiger partial charge in [0.2, 0.25) is 0 Å². The molecule has 0 spiro atoms. The summed E-state index contributed by atoms with van der Waals surface area (Å²) in [4.78, 5) is 93.1. The maximum Gasteiger partial charge on any atom is 0.312 e. The van der Waals surface area contributed by atoms with Crippen molar-refractivity contribution in [2.24, 2.45) is 57.2 Å². The van der Waals surface area contributed by atoms with Gasteiger partial charge in [-0.2, -0.15) is 0 Å². The van der Waals surface area contributed by atoms with Gasteiger partial charge in [-0.1, -0.05) is 148 Å². The molecule has 0 N–H and O–H groups in total. The molecule has 0 aromatic carbocycles. The molecule has 652 valence electrons. The lowest BCUT2D eigenvalue weighted by Gasteiger charge is -2.38. The predicted molar refractivity (Wildman–Crippen MR) is 455 cm³/mol. The van der Waals surface area contributed by atoms with Crippen LogP contribution in [-0.2, 0) is 76.3 Å². The summed E-state index contributed by atoms with van der Waals surface area (Å²) >= 11 is 0. The molecule has 4 fully saturated rings. The quantitative estimate of drug-likeness (QED) is 0.0582. The van der Waals surface area contributed by atoms with Crippen molar-refractivity contribution >= 4 is 47.8 Å². The molecule has 0 aromatic rings. The van der Waals surface area contributed by atoms with E-state index >= 15 is 0 Å². The third-order valence-electron chi connectivity index (χ3n) is 23.5. The van der Waals surface area contributed by atoms with Crippen LogP contribution in [0.1, 0.15) is 456 Å². The van der Waals surface area contributed by atoms with E-state index in [9.17, 15) is 38.4 Å². The highest BCUT2D eigenvalue weighted by molar-refractivity contribution is 5.78. The summed E-state index contributed by atoms with van der Waals surface area (Å²) in [6, 6.07) is 0. The second-order valence-corrected chi connectivity index (χ2v) is 39.8. The van der Waals surface area contributed by atoms with E-state index < -0.39 is 0 Å². The second-order valence-electron chi connectivity index (χ2n) is 39.8. The molecule has 4 atom stereocenters. The highest BCUT2D eigenvalue weighted by Crippen LogP contribution is 2.40. The molecule has 4 saturated carbocycles. The van der Waals surface area contributed by atoms with Gasteiger partial charge in [0.25, 0.3) is 0 Å². The average molecular weight is 1570 g/mol. The van der Waals surface area contributed by atoms with Crippen LogP contribution in [0, 0.1) is 57.2 Å². The monoisotopic (exact) mass is 1570 g/mol. The topological polar surface area (TPSA) is 210 Å². The van der Waals surface area contributed by atoms with Crippen LogP contribution in [0.3, 0.4) is 0 Å². The van der Waals surface area contributed by atoms with E-state index in [1.54, 1.807) is 0 Å². The summed E-state index contributed by atoms with van der Waals surface area (Å²) in [5, 5.41) is 0. The van der Waals surface area contributed by atoms with Crippen molar-refractivity contribution in [2.45, 2.75) is 501 Å². The molecular weight excluding hydrogens is 1390 g/mol. The molecule has 0 saturated heterocycles. The van der Waals surface area contributed by atoms with Gasteiger partial charge >= 0.3 is 47.8 Å². The first-order valence-electron chi connectivity index (χ1n) is 43.8. The molecule has 4 rings (SSSR count). The van der Waals surface area contributed by atoms with E-state index in [0.29, 0.717) is 11.8 Å². The van der Waals surface area contributed by atoms with Gasteiger partial charge in [0.05, 0.1) is 45.3 Å². The summed E-state index contributed by atoms with van der Waals surface area (Å²) < 4.78 is 43.9. The lowest BCUT2D eigenvalue weighted by atomic mass is 9.78. The van der Waals surface area contributed by atoms with Crippen LogP contribution in [0.15, 0.2) is 0 Å². The van der Waals surface area contributed by atoms with Gasteiger partial charge in [0.15, 0.2) is 0 Å². The van der Waals surface area contributed by atoms with E-state index in [0.717, 1.165) is 89.9 Å². The largest absolute Gasteiger partial charge is 0.460 e. The van der Waals surface area contributed by atoms with Crippen molar-refractivity contribution in [3.8, 4) is 0 Å². The lowest BCUT2D eigenvalue weighted by molar-refractivity contribution is -0.174. The maximum absolute atomic E-state index is 12.1. The Hall–Kier alpha value is -4.24. The molecule has 0 aliphatic heterocycles. The summed E-state index contributed by atoms with van der Waals surface area (Å²) in [5.41, 5.74) is -3.69. The molecule has 4 aliphatic rings. The van der Waals surface area contributed by atoms with Crippen LogP contribution in [0.5, 0.6) is 0 Å². The van der Waals surface area contributed by atoms with Crippen molar-refractivity contribution in [1.82, 2.24) is 0 Å². The fraction of sp³-hybridized carbons (Fsp3) is 0.915. The first kappa shape index (κ1) is 112. The molecular formula is C94H180O16. The first-order chi connectivity index (χ1) is 50.0. The van der Waals surface area contributed by atoms with Gasteiger partial charge in [0.1, 0.15) is 44.8 Å². The molecule has 0 heterocycles. The van der Waals surface area contributed by atoms with E-state index in [-0.39, 0.29) is 138 Å². The Morgan fingerprint density at radius 3 is 0.827 bits per heavy atom. The molecule has 110 heavy (non-hydrogen) atoms. The average Bonchev–Trinajstić information content (AvgIpc) is 0.845. The van der Waals surface area contributed by atoms with Crippen LogP contribution in [0.25, 0.3) is 0 Å². The van der Waals surface area contributed by atoms with Gasteiger partial charge in [-0.25, -0.2) is 0 Å². The van der Waals surface area contributed by atoms with Gasteiger partial charge in [0, 0.05) is 0 Å². The number of carbonyl (C=O) groups excluding carboxylic acids is 8. The first-order valence-corrected chi connectivity index (χ1v) is 43.8. The van der Waals surface area contributed by atoms with Gasteiger partial charge in [-0.3, -0.25) is 38.4 Å². The zero-order valence-electron chi connectivity index (χ0n) is 79.2. The van der Waals surface area contributed by atoms with Crippen molar-refractivity contribution in [2.75, 3.05) is 0 Å². The molecule has 0 bridgehead atoms. The van der Waals surface area contributed by atoms with Crippen molar-refractivity contribution in [3.05, 3.63) is 0 Å². The Morgan fingerprint density at radius 2 is 0.527 bits per heavy atom. The van der Waals surface area contributed by atoms with E-state index in [4.69, 9.17) is 37.9 Å². The highest BCUT2D eigenvalue weighted by atomic mass is 16.6. The zero-order valence-corrected chi connectivity index (χ0v) is 79.2. The summed E-state index contributed by atoms with van der Waals surface area (Å²) in [6.07, 6.45) is 32.5. The highest BCUT2D eigenvalue weighted by Gasteiger charge is 2.41. The molecule has 16 nitrogen and oxygen atoms in total. The minimum atomic E-state index is -0.372. The van der Waals surface area contributed by atoms with Crippen LogP contribution >= 0.6 is 0 Å². The minimum Gasteiger partial charge on any atom is -0.460 e. The van der Waals surface area contributed by atoms with Crippen molar-refractivity contribution in [3.63, 3.8) is 0 Å². The number of rotatable bonds is 26. The smallest absolute Gasteiger partial charge is 0.312 e. The standard InChI is InChI=1S/C15H28O2.C14H26O2.C13H24O2.C12H22O2.C11H22O2.2C10H20O2.C9H18O2/c1-6-14(2,3)13(16)17-15(4,5)12-10-8-7-9-11-12;1-5-11(2)13(15)16-14(3,4)12-9-7-6-8-10-12;1-5-12(2,3)11(14)15-13(4)9-7-6-8-10-13;1-4-10(2)11(13)14-12(3)8-6-5-7-9-12;1-7-10(3,4)9(12)13-11(5,6)8-2;1-7-10(5,6)8(11)12-9(2,3)4;1-6-8(3)9(11)12-10(4,5)7-2;1-6-7(2)8(10)11-9(3,4)5/h12H,6-11H2,1-5H3;11-12H,5-10H2,1-4H3;5-10H2,1-4H3;10H,4-9H2,1-3H3;7-8H2,1-6H3;7H2,1-6H3;8H,6-7H2,1-5H3;7H,6H2,1-5H3. The fourth-order valence-corrected chi connectivity index (χ4v) is 11.0. The molecule has 0 aromatic heterocycles. The van der Waals surface area contributed by atoms with Crippen LogP contribution in [0.2, 0.25) is 0 Å². The van der Waals surface area contributed by atoms with Crippen molar-refractivity contribution < 1.29 is 76.3 Å². The molecule has 0 radical (unpaired) electrons. The van der Waals surface area contributed by atoms with E-state index in [2.05, 4.69) is 41.5 Å². The minimum absolute atomic E-state index is 0.0168. The van der Waals surface area contributed by atoms with E-state index in [1.807, 2.05) is 222 Å². The molecule has 16 heteroatoms. The van der Waals surface area contributed by atoms with Crippen LogP contribution < -0.4 is 0 Å². The summed E-state index contributed by atoms with van der Waals surface area (Å²) in [5.74, 6) is 0.701. The molecule has 4 aliphatic carbocycles. The van der Waals surface area contributed by atoms with E-state index in [1.165, 1.54) is 103 Å². The molecule has 4 unspecified atom stereocenters. The van der Waals surface area contributed by atoms with Crippen LogP contribution in [-0.4, -0.2) is 92.6 Å². The maximum atomic E-state index is 12.1. The van der Waals surface area contributed by atoms with Gasteiger partial charge < -0.3 is 37.9 Å². The van der Waals surface area contributed by atoms with Gasteiger partial charge in [-0.15, -0.1) is 0 Å². The number of hydrogen-bond donors (Lipinski definition) is 0. The Kier molecular flexibility index (Phi) is 52.6. The Labute approximate surface area is 678 Å². The number of carbonyl (C=O) groups is 8. The third-order valence-corrected chi connectivity index (χ3v) is 23.5. The lowest BCUT2D eigenvalue weighted by Crippen LogP contribution is -2.41. The second kappa shape index (κ2) is 51.7. The SMILES string of the molecule is CCC(C)(C)C(=O)OC(C)(C)C.CCC(C)(C)C(=O)OC(C)(C)C1CCCCC1.CCC(C)(C)C(=O)OC1(C)CCCCC1.CCC(C)(C)OC(=O)C(C)(C)CC.CCC(C)C(=O)OC(C)(C)C.CCC(C)C(=O)OC(C)(C)C1CCCCC1.CCC(C)C(=O)OC(C)(C)CC.CCC(C)C(=O)OC1(C)CCCCC1. The fourth-order valence-electron chi connectivity index (χ4n) is 11.0. The normalized spacial score (nSPS) is 17.6. The Morgan fingerprint density at radius 1 is 0.282 bits per heavy atom. The number of hydrogen-bond acceptors (Lipinski definition) is 16.